The lowest BCUT2D eigenvalue weighted by molar-refractivity contribution is -0.305. The number of allylic oxidation sites excluding steroid dienone is 21. The summed E-state index contributed by atoms with van der Waals surface area (Å²) in [4.78, 5) is 26.5. The number of hydrogen-bond acceptors (Lipinski definition) is 10. The number of esters is 1. The lowest BCUT2D eigenvalue weighted by Gasteiger charge is -2.41. The quantitative estimate of drug-likeness (QED) is 0.0149. The molecule has 1 aliphatic rings. The lowest BCUT2D eigenvalue weighted by atomic mass is 9.99. The molecular formula is C66H107NO10. The van der Waals surface area contributed by atoms with Crippen molar-refractivity contribution in [2.75, 3.05) is 13.2 Å². The summed E-state index contributed by atoms with van der Waals surface area (Å²) in [5, 5.41) is 56.9. The third kappa shape index (κ3) is 40.6. The van der Waals surface area contributed by atoms with Crippen LogP contribution in [0.2, 0.25) is 0 Å². The number of carbonyl (C=O) groups excluding carboxylic acids is 2. The first-order valence-corrected chi connectivity index (χ1v) is 30.0. The second-order valence-electron chi connectivity index (χ2n) is 20.1. The molecule has 0 bridgehead atoms. The van der Waals surface area contributed by atoms with Crippen LogP contribution < -0.4 is 5.32 Å². The van der Waals surface area contributed by atoms with Crippen LogP contribution >= 0.6 is 0 Å². The zero-order valence-corrected chi connectivity index (χ0v) is 48.0. The Kier molecular flexibility index (Phi) is 48.3. The second kappa shape index (κ2) is 52.5. The van der Waals surface area contributed by atoms with Gasteiger partial charge in [0.05, 0.1) is 25.4 Å². The Morgan fingerprint density at radius 2 is 1.00 bits per heavy atom. The van der Waals surface area contributed by atoms with Gasteiger partial charge in [-0.1, -0.05) is 244 Å². The third-order valence-corrected chi connectivity index (χ3v) is 13.2. The number of hydrogen-bond donors (Lipinski definition) is 6. The molecule has 1 aliphatic heterocycles. The van der Waals surface area contributed by atoms with E-state index in [4.69, 9.17) is 14.2 Å². The predicted molar refractivity (Wildman–Crippen MR) is 319 cm³/mol. The predicted octanol–water partition coefficient (Wildman–Crippen LogP) is 14.1. The van der Waals surface area contributed by atoms with E-state index >= 15 is 0 Å². The van der Waals surface area contributed by atoms with Gasteiger partial charge in [0, 0.05) is 6.42 Å². The molecule has 1 fully saturated rings. The van der Waals surface area contributed by atoms with Crippen molar-refractivity contribution < 1.29 is 49.3 Å². The number of nitrogens with one attached hydrogen (secondary N) is 1. The van der Waals surface area contributed by atoms with Crippen molar-refractivity contribution in [2.24, 2.45) is 0 Å². The van der Waals surface area contributed by atoms with Crippen LogP contribution in [0.3, 0.4) is 0 Å². The van der Waals surface area contributed by atoms with E-state index in [1.165, 1.54) is 51.4 Å². The zero-order valence-electron chi connectivity index (χ0n) is 48.0. The molecule has 0 aromatic heterocycles. The molecule has 8 atom stereocenters. The number of ether oxygens (including phenoxy) is 3. The summed E-state index contributed by atoms with van der Waals surface area (Å²) in [6.07, 6.45) is 63.4. The average Bonchev–Trinajstić information content (AvgIpc) is 3.43. The van der Waals surface area contributed by atoms with Crippen molar-refractivity contribution in [1.82, 2.24) is 5.32 Å². The molecule has 0 spiro atoms. The SMILES string of the molecule is CC/C=C\C/C=C\C/C=C\C/C=C\C/C=C\CCCCCCCC(=O)OC1C(OCC(NC(=O)C(O)CCCC/C=C/C=C\C=C/C=C/C=C/CC)C(O)/C=C/CCCCCCCCCCCCC)OC(CO)C(O)C1O. The maximum Gasteiger partial charge on any atom is 0.306 e. The summed E-state index contributed by atoms with van der Waals surface area (Å²) in [5.41, 5.74) is 0. The number of aliphatic hydroxyl groups excluding tert-OH is 5. The monoisotopic (exact) mass is 1070 g/mol. The van der Waals surface area contributed by atoms with Crippen molar-refractivity contribution in [3.05, 3.63) is 134 Å². The Morgan fingerprint density at radius 3 is 1.56 bits per heavy atom. The Morgan fingerprint density at radius 1 is 0.532 bits per heavy atom. The van der Waals surface area contributed by atoms with Crippen molar-refractivity contribution in [2.45, 2.75) is 256 Å². The smallest absolute Gasteiger partial charge is 0.306 e. The van der Waals surface area contributed by atoms with E-state index in [-0.39, 0.29) is 19.4 Å². The molecule has 436 valence electrons. The Hall–Kier alpha value is -4.20. The van der Waals surface area contributed by atoms with Gasteiger partial charge >= 0.3 is 5.97 Å². The van der Waals surface area contributed by atoms with E-state index in [0.29, 0.717) is 12.8 Å². The summed E-state index contributed by atoms with van der Waals surface area (Å²) >= 11 is 0. The van der Waals surface area contributed by atoms with Crippen molar-refractivity contribution >= 4 is 11.9 Å². The number of carbonyl (C=O) groups is 2. The first kappa shape index (κ1) is 70.8. The topological polar surface area (TPSA) is 175 Å². The van der Waals surface area contributed by atoms with Crippen molar-refractivity contribution in [1.29, 1.82) is 0 Å². The minimum absolute atomic E-state index is 0.0873. The van der Waals surface area contributed by atoms with Crippen LogP contribution in [0, 0.1) is 0 Å². The van der Waals surface area contributed by atoms with Gasteiger partial charge in [-0.2, -0.15) is 0 Å². The minimum Gasteiger partial charge on any atom is -0.454 e. The van der Waals surface area contributed by atoms with Gasteiger partial charge in [0.15, 0.2) is 12.4 Å². The molecule has 0 aliphatic carbocycles. The van der Waals surface area contributed by atoms with Crippen molar-refractivity contribution in [3.8, 4) is 0 Å². The Balaban J connectivity index is 2.74. The molecule has 0 saturated carbocycles. The maximum atomic E-state index is 13.4. The summed E-state index contributed by atoms with van der Waals surface area (Å²) in [5.74, 6) is -1.27. The van der Waals surface area contributed by atoms with Crippen molar-refractivity contribution in [3.63, 3.8) is 0 Å². The van der Waals surface area contributed by atoms with Gasteiger partial charge < -0.3 is 45.1 Å². The van der Waals surface area contributed by atoms with Crippen LogP contribution in [0.15, 0.2) is 134 Å². The van der Waals surface area contributed by atoms with Crippen LogP contribution in [0.25, 0.3) is 0 Å². The van der Waals surface area contributed by atoms with Crippen LogP contribution in [0.4, 0.5) is 0 Å². The highest BCUT2D eigenvalue weighted by atomic mass is 16.7. The van der Waals surface area contributed by atoms with E-state index in [1.54, 1.807) is 6.08 Å². The fourth-order valence-corrected chi connectivity index (χ4v) is 8.46. The molecule has 6 N–H and O–H groups in total. The van der Waals surface area contributed by atoms with Crippen LogP contribution in [-0.2, 0) is 23.8 Å². The molecule has 0 radical (unpaired) electrons. The Labute approximate surface area is 467 Å². The summed E-state index contributed by atoms with van der Waals surface area (Å²) in [6.45, 7) is 5.47. The molecule has 77 heavy (non-hydrogen) atoms. The molecular weight excluding hydrogens is 967 g/mol. The highest BCUT2D eigenvalue weighted by molar-refractivity contribution is 5.80. The van der Waals surface area contributed by atoms with Gasteiger partial charge in [0.1, 0.15) is 24.4 Å². The molecule has 8 unspecified atom stereocenters. The minimum atomic E-state index is -1.64. The fraction of sp³-hybridized carbons (Fsp3) is 0.636. The van der Waals surface area contributed by atoms with Gasteiger partial charge in [-0.25, -0.2) is 0 Å². The summed E-state index contributed by atoms with van der Waals surface area (Å²) in [6, 6.07) is -1.06. The maximum absolute atomic E-state index is 13.4. The van der Waals surface area contributed by atoms with Crippen LogP contribution in [0.5, 0.6) is 0 Å². The van der Waals surface area contributed by atoms with Crippen LogP contribution in [0.1, 0.15) is 207 Å². The molecule has 1 heterocycles. The van der Waals surface area contributed by atoms with E-state index in [0.717, 1.165) is 109 Å². The number of aliphatic hydroxyl groups is 5. The van der Waals surface area contributed by atoms with E-state index in [1.807, 2.05) is 60.8 Å². The third-order valence-electron chi connectivity index (χ3n) is 13.2. The molecule has 11 heteroatoms. The molecule has 0 aromatic carbocycles. The Bertz CT molecular complexity index is 1760. The van der Waals surface area contributed by atoms with Gasteiger partial charge in [-0.15, -0.1) is 0 Å². The molecule has 1 saturated heterocycles. The largest absolute Gasteiger partial charge is 0.454 e. The summed E-state index contributed by atoms with van der Waals surface area (Å²) < 4.78 is 17.6. The second-order valence-corrected chi connectivity index (χ2v) is 20.1. The number of unbranched alkanes of at least 4 members (excludes halogenated alkanes) is 18. The van der Waals surface area contributed by atoms with E-state index in [2.05, 4.69) is 92.9 Å². The fourth-order valence-electron chi connectivity index (χ4n) is 8.46. The van der Waals surface area contributed by atoms with Gasteiger partial charge in [0.2, 0.25) is 5.91 Å². The number of rotatable bonds is 48. The molecule has 1 amide bonds. The molecule has 1 rings (SSSR count). The standard InChI is InChI=1S/C66H107NO10/c1-4-7-10-13-16-19-22-25-27-28-29-30-31-32-33-36-39-42-45-48-51-54-61(71)77-64-63(73)62(72)60(55-68)76-66(64)75-56-57(58(69)52-49-46-43-40-37-34-24-21-18-15-12-9-6-3)67-65(74)59(70)53-50-47-44-41-38-35-26-23-20-17-14-11-8-5-2/h7-8,10-11,14,16-17,19-20,23,25-27,29-30,32-33,35,38,41,49,52,57-60,62-64,66,68-70,72-73H,4-6,9,12-13,15,18,21-22,24,28,31,34,36-37,39-40,42-48,50-51,53-56H2,1-3H3,(H,67,74)/b10-7-,11-8+,17-14+,19-16-,23-20-,27-25-,30-29-,33-32-,35-26-,41-38+,52-49+. The average molecular weight is 1070 g/mol. The first-order valence-electron chi connectivity index (χ1n) is 30.0. The first-order chi connectivity index (χ1) is 37.7. The zero-order chi connectivity index (χ0) is 56.1. The normalized spacial score (nSPS) is 20.0. The summed E-state index contributed by atoms with van der Waals surface area (Å²) in [7, 11) is 0. The van der Waals surface area contributed by atoms with Gasteiger partial charge in [0.25, 0.3) is 0 Å². The molecule has 11 nitrogen and oxygen atoms in total. The molecule has 0 aromatic rings. The highest BCUT2D eigenvalue weighted by Crippen LogP contribution is 2.26. The van der Waals surface area contributed by atoms with Crippen LogP contribution in [-0.4, -0.2) is 99.6 Å². The lowest BCUT2D eigenvalue weighted by Crippen LogP contribution is -2.61. The highest BCUT2D eigenvalue weighted by Gasteiger charge is 2.47. The number of amides is 1. The van der Waals surface area contributed by atoms with Gasteiger partial charge in [-0.3, -0.25) is 9.59 Å². The van der Waals surface area contributed by atoms with Gasteiger partial charge in [-0.05, 0) is 89.9 Å². The van der Waals surface area contributed by atoms with E-state index < -0.39 is 67.4 Å². The van der Waals surface area contributed by atoms with E-state index in [9.17, 15) is 35.1 Å².